The van der Waals surface area contributed by atoms with Crippen molar-refractivity contribution in [3.8, 4) is 11.5 Å². The second-order valence-electron chi connectivity index (χ2n) is 7.67. The summed E-state index contributed by atoms with van der Waals surface area (Å²) < 4.78 is 12.9. The first-order chi connectivity index (χ1) is 15.5. The summed E-state index contributed by atoms with van der Waals surface area (Å²) in [5, 5.41) is 4.66. The van der Waals surface area contributed by atoms with Crippen LogP contribution in [0, 0.1) is 0 Å². The summed E-state index contributed by atoms with van der Waals surface area (Å²) in [7, 11) is 0. The Morgan fingerprint density at radius 2 is 1.66 bits per heavy atom. The standard InChI is InChI=1S/C26H28BrCl2NO2/c1-3-31-25-14-21(16-30-18(2)9-10-19-7-5-4-6-8-19)22(27)15-26(25)32-17-20-11-12-23(28)24(29)13-20/h4-8,11-15,18,30H,3,9-10,16-17H2,1-2H3. The Bertz CT molecular complexity index is 1010. The summed E-state index contributed by atoms with van der Waals surface area (Å²) in [5.74, 6) is 1.41. The molecule has 0 saturated heterocycles. The minimum Gasteiger partial charge on any atom is -0.490 e. The number of hydrogen-bond acceptors (Lipinski definition) is 3. The highest BCUT2D eigenvalue weighted by Gasteiger charge is 2.13. The van der Waals surface area contributed by atoms with Gasteiger partial charge in [0.15, 0.2) is 11.5 Å². The largest absolute Gasteiger partial charge is 0.490 e. The van der Waals surface area contributed by atoms with E-state index < -0.39 is 0 Å². The predicted molar refractivity (Wildman–Crippen MR) is 137 cm³/mol. The number of benzene rings is 3. The SMILES string of the molecule is CCOc1cc(CNC(C)CCc2ccccc2)c(Br)cc1OCc1ccc(Cl)c(Cl)c1. The van der Waals surface area contributed by atoms with Crippen molar-refractivity contribution in [3.63, 3.8) is 0 Å². The van der Waals surface area contributed by atoms with Crippen molar-refractivity contribution < 1.29 is 9.47 Å². The van der Waals surface area contributed by atoms with E-state index >= 15 is 0 Å². The van der Waals surface area contributed by atoms with Gasteiger partial charge in [-0.25, -0.2) is 0 Å². The van der Waals surface area contributed by atoms with E-state index in [2.05, 4.69) is 58.5 Å². The average Bonchev–Trinajstić information content (AvgIpc) is 2.79. The van der Waals surface area contributed by atoms with Gasteiger partial charge in [0.25, 0.3) is 0 Å². The maximum Gasteiger partial charge on any atom is 0.162 e. The molecular weight excluding hydrogens is 509 g/mol. The van der Waals surface area contributed by atoms with Crippen LogP contribution < -0.4 is 14.8 Å². The maximum absolute atomic E-state index is 6.11. The molecule has 0 aliphatic carbocycles. The van der Waals surface area contributed by atoms with E-state index in [-0.39, 0.29) is 0 Å². The summed E-state index contributed by atoms with van der Waals surface area (Å²) in [6, 6.07) is 20.5. The molecule has 0 radical (unpaired) electrons. The van der Waals surface area contributed by atoms with Crippen LogP contribution in [0.1, 0.15) is 37.0 Å². The highest BCUT2D eigenvalue weighted by molar-refractivity contribution is 9.10. The number of aryl methyl sites for hydroxylation is 1. The fraction of sp³-hybridized carbons (Fsp3) is 0.308. The Hall–Kier alpha value is -1.72. The average molecular weight is 537 g/mol. The van der Waals surface area contributed by atoms with Crippen molar-refractivity contribution in [2.24, 2.45) is 0 Å². The topological polar surface area (TPSA) is 30.5 Å². The molecule has 0 fully saturated rings. The maximum atomic E-state index is 6.11. The molecule has 1 unspecified atom stereocenters. The summed E-state index contributed by atoms with van der Waals surface area (Å²) in [4.78, 5) is 0. The van der Waals surface area contributed by atoms with Crippen molar-refractivity contribution in [1.82, 2.24) is 5.32 Å². The molecule has 32 heavy (non-hydrogen) atoms. The van der Waals surface area contributed by atoms with Crippen molar-refractivity contribution in [1.29, 1.82) is 0 Å². The molecule has 3 nitrogen and oxygen atoms in total. The summed E-state index contributed by atoms with van der Waals surface area (Å²) in [5.41, 5.74) is 3.43. The quantitative estimate of drug-likeness (QED) is 0.270. The van der Waals surface area contributed by atoms with Crippen LogP contribution in [0.5, 0.6) is 11.5 Å². The number of ether oxygens (including phenoxy) is 2. The molecule has 3 aromatic carbocycles. The Morgan fingerprint density at radius 3 is 2.38 bits per heavy atom. The van der Waals surface area contributed by atoms with E-state index in [9.17, 15) is 0 Å². The Balaban J connectivity index is 1.61. The number of rotatable bonds is 11. The molecular formula is C26H28BrCl2NO2. The van der Waals surface area contributed by atoms with Crippen molar-refractivity contribution in [3.05, 3.63) is 91.9 Å². The molecule has 3 aromatic rings. The van der Waals surface area contributed by atoms with E-state index in [1.54, 1.807) is 6.07 Å². The molecule has 0 bridgehead atoms. The van der Waals surface area contributed by atoms with Gasteiger partial charge in [0.1, 0.15) is 6.61 Å². The van der Waals surface area contributed by atoms with Crippen molar-refractivity contribution in [2.75, 3.05) is 6.61 Å². The molecule has 0 saturated carbocycles. The van der Waals surface area contributed by atoms with Crippen LogP contribution in [-0.4, -0.2) is 12.6 Å². The first kappa shape index (κ1) is 24.9. The Morgan fingerprint density at radius 1 is 0.906 bits per heavy atom. The van der Waals surface area contributed by atoms with Gasteiger partial charge in [-0.2, -0.15) is 0 Å². The molecule has 0 aromatic heterocycles. The normalized spacial score (nSPS) is 11.9. The van der Waals surface area contributed by atoms with E-state index in [1.807, 2.05) is 31.2 Å². The molecule has 0 aliphatic heterocycles. The van der Waals surface area contributed by atoms with Gasteiger partial charge in [-0.05, 0) is 67.6 Å². The van der Waals surface area contributed by atoms with E-state index in [0.717, 1.165) is 40.7 Å². The highest BCUT2D eigenvalue weighted by Crippen LogP contribution is 2.35. The van der Waals surface area contributed by atoms with E-state index in [4.69, 9.17) is 32.7 Å². The van der Waals surface area contributed by atoms with E-state index in [0.29, 0.717) is 35.1 Å². The molecule has 0 amide bonds. The fourth-order valence-electron chi connectivity index (χ4n) is 3.30. The van der Waals surface area contributed by atoms with Crippen molar-refractivity contribution >= 4 is 39.1 Å². The molecule has 0 heterocycles. The van der Waals surface area contributed by atoms with Gasteiger partial charge in [-0.1, -0.05) is 75.5 Å². The lowest BCUT2D eigenvalue weighted by Crippen LogP contribution is -2.26. The summed E-state index contributed by atoms with van der Waals surface area (Å²) in [6.45, 7) is 5.86. The Labute approximate surface area is 209 Å². The molecule has 170 valence electrons. The highest BCUT2D eigenvalue weighted by atomic mass is 79.9. The first-order valence-electron chi connectivity index (χ1n) is 10.8. The van der Waals surface area contributed by atoms with Crippen LogP contribution in [-0.2, 0) is 19.6 Å². The zero-order valence-electron chi connectivity index (χ0n) is 18.3. The molecule has 0 spiro atoms. The zero-order valence-corrected chi connectivity index (χ0v) is 21.4. The van der Waals surface area contributed by atoms with Crippen LogP contribution in [0.3, 0.4) is 0 Å². The zero-order chi connectivity index (χ0) is 22.9. The molecule has 3 rings (SSSR count). The smallest absolute Gasteiger partial charge is 0.162 e. The fourth-order valence-corrected chi connectivity index (χ4v) is 4.08. The van der Waals surface area contributed by atoms with Gasteiger partial charge in [-0.15, -0.1) is 0 Å². The second kappa shape index (κ2) is 12.5. The molecule has 1 atom stereocenters. The molecule has 6 heteroatoms. The van der Waals surface area contributed by atoms with Gasteiger partial charge in [0.05, 0.1) is 16.7 Å². The van der Waals surface area contributed by atoms with Crippen LogP contribution >= 0.6 is 39.1 Å². The lowest BCUT2D eigenvalue weighted by atomic mass is 10.1. The number of hydrogen-bond donors (Lipinski definition) is 1. The lowest BCUT2D eigenvalue weighted by molar-refractivity contribution is 0.269. The van der Waals surface area contributed by atoms with Gasteiger partial charge in [0.2, 0.25) is 0 Å². The summed E-state index contributed by atoms with van der Waals surface area (Å²) in [6.07, 6.45) is 2.13. The lowest BCUT2D eigenvalue weighted by Gasteiger charge is -2.18. The van der Waals surface area contributed by atoms with Gasteiger partial charge >= 0.3 is 0 Å². The van der Waals surface area contributed by atoms with Gasteiger partial charge < -0.3 is 14.8 Å². The monoisotopic (exact) mass is 535 g/mol. The van der Waals surface area contributed by atoms with Gasteiger partial charge in [0, 0.05) is 17.1 Å². The second-order valence-corrected chi connectivity index (χ2v) is 9.34. The number of nitrogens with one attached hydrogen (secondary N) is 1. The van der Waals surface area contributed by atoms with Crippen LogP contribution in [0.15, 0.2) is 65.1 Å². The van der Waals surface area contributed by atoms with E-state index in [1.165, 1.54) is 5.56 Å². The predicted octanol–water partition coefficient (Wildman–Crippen LogP) is 7.84. The van der Waals surface area contributed by atoms with Gasteiger partial charge in [-0.3, -0.25) is 0 Å². The minimum atomic E-state index is 0.373. The van der Waals surface area contributed by atoms with Crippen LogP contribution in [0.25, 0.3) is 0 Å². The molecule has 0 aliphatic rings. The minimum absolute atomic E-state index is 0.373. The summed E-state index contributed by atoms with van der Waals surface area (Å²) >= 11 is 15.8. The number of halogens is 3. The first-order valence-corrected chi connectivity index (χ1v) is 12.3. The third kappa shape index (κ3) is 7.41. The van der Waals surface area contributed by atoms with Crippen LogP contribution in [0.4, 0.5) is 0 Å². The van der Waals surface area contributed by atoms with Crippen molar-refractivity contribution in [2.45, 2.75) is 45.9 Å². The third-order valence-electron chi connectivity index (χ3n) is 5.14. The Kier molecular flexibility index (Phi) is 9.73. The molecule has 1 N–H and O–H groups in total. The van der Waals surface area contributed by atoms with Crippen LogP contribution in [0.2, 0.25) is 10.0 Å². The third-order valence-corrected chi connectivity index (χ3v) is 6.62.